The molecule has 0 saturated heterocycles. The van der Waals surface area contributed by atoms with Crippen LogP contribution in [-0.4, -0.2) is 25.5 Å². The van der Waals surface area contributed by atoms with Crippen LogP contribution in [0.15, 0.2) is 65.7 Å². The normalized spacial score (nSPS) is 13.6. The van der Waals surface area contributed by atoms with Gasteiger partial charge in [-0.1, -0.05) is 46.7 Å². The lowest BCUT2D eigenvalue weighted by molar-refractivity contribution is 0.357. The van der Waals surface area contributed by atoms with E-state index in [1.165, 1.54) is 19.2 Å². The molecule has 162 valence electrons. The Kier molecular flexibility index (Phi) is 7.29. The van der Waals surface area contributed by atoms with Crippen LogP contribution in [0.25, 0.3) is 0 Å². The smallest absolute Gasteiger partial charge is 0.164 e. The van der Waals surface area contributed by atoms with E-state index in [2.05, 4.69) is 18.8 Å². The van der Waals surface area contributed by atoms with Crippen molar-refractivity contribution in [1.82, 2.24) is 0 Å². The van der Waals surface area contributed by atoms with Crippen LogP contribution in [0, 0.1) is 5.82 Å². The first-order valence-electron chi connectivity index (χ1n) is 10.0. The Morgan fingerprint density at radius 1 is 1.06 bits per heavy atom. The van der Waals surface area contributed by atoms with Gasteiger partial charge in [-0.3, -0.25) is 4.99 Å². The summed E-state index contributed by atoms with van der Waals surface area (Å²) >= 11 is 0. The Balaban J connectivity index is 2.03. The molecular weight excluding hydrogens is 412 g/mol. The van der Waals surface area contributed by atoms with E-state index in [1.54, 1.807) is 25.5 Å². The highest BCUT2D eigenvalue weighted by molar-refractivity contribution is 7.48. The van der Waals surface area contributed by atoms with Crippen molar-refractivity contribution in [3.63, 3.8) is 0 Å². The second kappa shape index (κ2) is 9.93. The Labute approximate surface area is 184 Å². The number of halogens is 1. The zero-order chi connectivity index (χ0) is 22.4. The van der Waals surface area contributed by atoms with Crippen molar-refractivity contribution < 1.29 is 19.0 Å². The quantitative estimate of drug-likeness (QED) is 0.350. The van der Waals surface area contributed by atoms with E-state index < -0.39 is 5.16 Å². The minimum Gasteiger partial charge on any atom is -0.504 e. The predicted molar refractivity (Wildman–Crippen MR) is 127 cm³/mol. The van der Waals surface area contributed by atoms with Crippen molar-refractivity contribution >= 4 is 25.8 Å². The van der Waals surface area contributed by atoms with Gasteiger partial charge >= 0.3 is 0 Å². The molecule has 0 aliphatic rings. The number of benzene rings is 3. The molecule has 0 radical (unpaired) electrons. The standard InChI is InChI=1S/C25H27FNO3P/c1-5-25(2,21-14-20(29-3)15-22(30-4)24(21)28)31-23-12-11-18(26)13-17(23)16-27-19-9-7-6-8-10-19/h6-16,28,31H,5H2,1-4H3/b27-16+. The molecule has 0 fully saturated rings. The molecule has 0 spiro atoms. The van der Waals surface area contributed by atoms with Crippen LogP contribution in [0.5, 0.6) is 17.2 Å². The van der Waals surface area contributed by atoms with Crippen LogP contribution in [0.1, 0.15) is 31.4 Å². The summed E-state index contributed by atoms with van der Waals surface area (Å²) in [5.74, 6) is 0.761. The summed E-state index contributed by atoms with van der Waals surface area (Å²) in [5.41, 5.74) is 2.26. The molecule has 0 saturated carbocycles. The maximum absolute atomic E-state index is 14.0. The third-order valence-corrected chi connectivity index (χ3v) is 7.24. The third kappa shape index (κ3) is 5.23. The highest BCUT2D eigenvalue weighted by Gasteiger charge is 2.31. The minimum atomic E-state index is -0.418. The molecule has 31 heavy (non-hydrogen) atoms. The van der Waals surface area contributed by atoms with Gasteiger partial charge in [0, 0.05) is 28.6 Å². The fourth-order valence-corrected chi connectivity index (χ4v) is 4.88. The molecule has 2 unspecified atom stereocenters. The van der Waals surface area contributed by atoms with E-state index in [0.717, 1.165) is 28.5 Å². The van der Waals surface area contributed by atoms with E-state index in [4.69, 9.17) is 9.47 Å². The summed E-state index contributed by atoms with van der Waals surface area (Å²) in [5, 5.41) is 11.4. The first-order chi connectivity index (χ1) is 14.9. The van der Waals surface area contributed by atoms with Gasteiger partial charge in [0.05, 0.1) is 19.9 Å². The van der Waals surface area contributed by atoms with Crippen molar-refractivity contribution in [3.8, 4) is 17.2 Å². The lowest BCUT2D eigenvalue weighted by atomic mass is 9.95. The molecule has 0 heterocycles. The fraction of sp³-hybridized carbons (Fsp3) is 0.240. The number of aromatic hydroxyl groups is 1. The topological polar surface area (TPSA) is 51.0 Å². The molecule has 3 aromatic carbocycles. The van der Waals surface area contributed by atoms with E-state index in [1.807, 2.05) is 36.4 Å². The molecule has 3 aromatic rings. The zero-order valence-electron chi connectivity index (χ0n) is 18.1. The van der Waals surface area contributed by atoms with Gasteiger partial charge in [0.25, 0.3) is 0 Å². The maximum atomic E-state index is 14.0. The Hall–Kier alpha value is -2.91. The number of phenolic OH excluding ortho intramolecular Hbond substituents is 1. The number of aliphatic imine (C=N–C) groups is 1. The SMILES string of the molecule is CCC(C)(Pc1ccc(F)cc1/C=N/c1ccccc1)c1cc(OC)cc(OC)c1O. The van der Waals surface area contributed by atoms with Crippen LogP contribution >= 0.6 is 8.58 Å². The number of rotatable bonds is 8. The van der Waals surface area contributed by atoms with Crippen molar-refractivity contribution in [3.05, 3.63) is 77.6 Å². The van der Waals surface area contributed by atoms with E-state index >= 15 is 0 Å². The van der Waals surface area contributed by atoms with Gasteiger partial charge in [-0.15, -0.1) is 0 Å². The molecular formula is C25H27FNO3P. The average Bonchev–Trinajstić information content (AvgIpc) is 2.80. The lowest BCUT2D eigenvalue weighted by Gasteiger charge is -2.31. The van der Waals surface area contributed by atoms with Crippen molar-refractivity contribution in [1.29, 1.82) is 0 Å². The molecule has 2 atom stereocenters. The highest BCUT2D eigenvalue weighted by Crippen LogP contribution is 2.51. The summed E-state index contributed by atoms with van der Waals surface area (Å²) in [4.78, 5) is 4.50. The summed E-state index contributed by atoms with van der Waals surface area (Å²) in [6.45, 7) is 4.15. The second-order valence-electron chi connectivity index (χ2n) is 7.36. The van der Waals surface area contributed by atoms with E-state index in [-0.39, 0.29) is 20.1 Å². The van der Waals surface area contributed by atoms with Crippen LogP contribution in [0.2, 0.25) is 0 Å². The van der Waals surface area contributed by atoms with E-state index in [0.29, 0.717) is 11.5 Å². The first kappa shape index (κ1) is 22.8. The number of phenols is 1. The van der Waals surface area contributed by atoms with Crippen LogP contribution < -0.4 is 14.8 Å². The predicted octanol–water partition coefficient (Wildman–Crippen LogP) is 5.93. The van der Waals surface area contributed by atoms with Gasteiger partial charge in [-0.25, -0.2) is 4.39 Å². The average molecular weight is 439 g/mol. The number of para-hydroxylation sites is 1. The number of hydrogen-bond acceptors (Lipinski definition) is 4. The molecule has 0 aliphatic carbocycles. The fourth-order valence-electron chi connectivity index (χ4n) is 3.33. The summed E-state index contributed by atoms with van der Waals surface area (Å²) in [6, 6.07) is 17.8. The monoisotopic (exact) mass is 439 g/mol. The van der Waals surface area contributed by atoms with Crippen molar-refractivity contribution in [2.75, 3.05) is 14.2 Å². The van der Waals surface area contributed by atoms with Gasteiger partial charge in [0.2, 0.25) is 0 Å². The maximum Gasteiger partial charge on any atom is 0.164 e. The zero-order valence-corrected chi connectivity index (χ0v) is 19.1. The minimum absolute atomic E-state index is 0.0989. The number of nitrogens with zero attached hydrogens (tertiary/aromatic N) is 1. The third-order valence-electron chi connectivity index (χ3n) is 5.34. The van der Waals surface area contributed by atoms with Crippen molar-refractivity contribution in [2.45, 2.75) is 25.4 Å². The largest absolute Gasteiger partial charge is 0.504 e. The number of ether oxygens (including phenoxy) is 2. The molecule has 1 N–H and O–H groups in total. The molecule has 0 aromatic heterocycles. The van der Waals surface area contributed by atoms with Crippen molar-refractivity contribution in [2.24, 2.45) is 4.99 Å². The Morgan fingerprint density at radius 3 is 2.45 bits per heavy atom. The van der Waals surface area contributed by atoms with Crippen LogP contribution in [0.3, 0.4) is 0 Å². The molecule has 0 aliphatic heterocycles. The molecule has 0 amide bonds. The van der Waals surface area contributed by atoms with Gasteiger partial charge < -0.3 is 14.6 Å². The number of hydrogen-bond donors (Lipinski definition) is 1. The molecule has 3 rings (SSSR count). The van der Waals surface area contributed by atoms with Gasteiger partial charge in [-0.2, -0.15) is 0 Å². The van der Waals surface area contributed by atoms with E-state index in [9.17, 15) is 9.50 Å². The van der Waals surface area contributed by atoms with Crippen LogP contribution in [0.4, 0.5) is 10.1 Å². The van der Waals surface area contributed by atoms with Gasteiger partial charge in [0.1, 0.15) is 11.6 Å². The highest BCUT2D eigenvalue weighted by atomic mass is 31.1. The molecule has 0 bridgehead atoms. The van der Waals surface area contributed by atoms with Crippen LogP contribution in [-0.2, 0) is 5.16 Å². The summed E-state index contributed by atoms with van der Waals surface area (Å²) in [6.07, 6.45) is 2.45. The Bertz CT molecular complexity index is 1070. The summed E-state index contributed by atoms with van der Waals surface area (Å²) < 4.78 is 24.8. The second-order valence-corrected chi connectivity index (χ2v) is 9.25. The summed E-state index contributed by atoms with van der Waals surface area (Å²) in [7, 11) is 3.35. The lowest BCUT2D eigenvalue weighted by Crippen LogP contribution is -2.20. The Morgan fingerprint density at radius 2 is 1.81 bits per heavy atom. The number of methoxy groups -OCH3 is 2. The molecule has 6 heteroatoms. The van der Waals surface area contributed by atoms with Gasteiger partial charge in [-0.05, 0) is 42.1 Å². The first-order valence-corrected chi connectivity index (χ1v) is 11.0. The molecule has 4 nitrogen and oxygen atoms in total. The van der Waals surface area contributed by atoms with Gasteiger partial charge in [0.15, 0.2) is 11.5 Å².